The van der Waals surface area contributed by atoms with Crippen LogP contribution in [0, 0.1) is 0 Å². The van der Waals surface area contributed by atoms with E-state index in [9.17, 15) is 17.2 Å². The van der Waals surface area contributed by atoms with Gasteiger partial charge in [0.1, 0.15) is 0 Å². The van der Waals surface area contributed by atoms with Gasteiger partial charge < -0.3 is 30.8 Å². The first kappa shape index (κ1) is 23.9. The summed E-state index contributed by atoms with van der Waals surface area (Å²) in [6.45, 7) is 0.888. The molecule has 2 rings (SSSR count). The Hall–Kier alpha value is -2.38. The lowest BCUT2D eigenvalue weighted by atomic mass is 10.0. The predicted molar refractivity (Wildman–Crippen MR) is 118 cm³/mol. The minimum atomic E-state index is -3.99. The highest BCUT2D eigenvalue weighted by Gasteiger charge is 2.08. The Morgan fingerprint density at radius 1 is 0.967 bits per heavy atom. The van der Waals surface area contributed by atoms with Gasteiger partial charge in [0, 0.05) is 13.1 Å². The van der Waals surface area contributed by atoms with E-state index in [0.29, 0.717) is 42.3 Å². The summed E-state index contributed by atoms with van der Waals surface area (Å²) in [6.07, 6.45) is 0.721. The van der Waals surface area contributed by atoms with E-state index >= 15 is 0 Å². The zero-order valence-electron chi connectivity index (χ0n) is 16.2. The van der Waals surface area contributed by atoms with Gasteiger partial charge in [-0.2, -0.15) is 8.42 Å². The minimum Gasteiger partial charge on any atom is -0.750 e. The fraction of sp³-hybridized carbons (Fsp3) is 0.333. The quantitative estimate of drug-likeness (QED) is 0.136. The van der Waals surface area contributed by atoms with Crippen LogP contribution < -0.4 is 22.1 Å². The predicted octanol–water partition coefficient (Wildman–Crippen LogP) is 1.82. The molecule has 12 heteroatoms. The number of nitrogens with two attached hydrogens (primary N) is 2. The summed E-state index contributed by atoms with van der Waals surface area (Å²) in [6, 6.07) is 10.9. The Bertz CT molecular complexity index is 985. The van der Waals surface area contributed by atoms with Gasteiger partial charge >= 0.3 is 0 Å². The van der Waals surface area contributed by atoms with Gasteiger partial charge in [-0.25, -0.2) is 4.21 Å². The zero-order chi connectivity index (χ0) is 22.1. The number of nitrogen functional groups attached to an aromatic ring is 2. The third-order valence-electron chi connectivity index (χ3n) is 4.15. The van der Waals surface area contributed by atoms with Gasteiger partial charge in [-0.15, -0.1) is 0 Å². The molecule has 0 aliphatic carbocycles. The Kier molecular flexibility index (Phi) is 8.87. The van der Waals surface area contributed by atoms with E-state index in [2.05, 4.69) is 14.8 Å². The Labute approximate surface area is 178 Å². The highest BCUT2D eigenvalue weighted by Crippen LogP contribution is 2.31. The number of anilines is 4. The van der Waals surface area contributed by atoms with Crippen LogP contribution in [0.5, 0.6) is 0 Å². The van der Waals surface area contributed by atoms with Crippen molar-refractivity contribution in [2.45, 2.75) is 12.8 Å². The van der Waals surface area contributed by atoms with Crippen LogP contribution in [0.4, 0.5) is 22.7 Å². The van der Waals surface area contributed by atoms with Gasteiger partial charge in [0.25, 0.3) is 10.1 Å². The largest absolute Gasteiger partial charge is 0.750 e. The molecule has 2 aromatic carbocycles. The molecule has 0 aliphatic rings. The summed E-state index contributed by atoms with van der Waals surface area (Å²) in [5, 5.41) is 6.23. The lowest BCUT2D eigenvalue weighted by molar-refractivity contribution is 0.299. The SMILES string of the molecule is Nc1ccc(-c2ccc(N)c(NCCCS(=O)(=O)O)c2)cc1NCCCOS(=O)[O-]. The average Bonchev–Trinajstić information content (AvgIpc) is 2.66. The lowest BCUT2D eigenvalue weighted by Gasteiger charge is -2.14. The molecule has 0 radical (unpaired) electrons. The maximum Gasteiger partial charge on any atom is 0.264 e. The highest BCUT2D eigenvalue weighted by atomic mass is 32.2. The molecule has 0 aliphatic heterocycles. The summed E-state index contributed by atoms with van der Waals surface area (Å²) in [5.41, 5.74) is 16.2. The molecule has 10 nitrogen and oxygen atoms in total. The number of rotatable bonds is 12. The van der Waals surface area contributed by atoms with Gasteiger partial charge in [-0.3, -0.25) is 4.55 Å². The Morgan fingerprint density at radius 2 is 1.47 bits per heavy atom. The Morgan fingerprint density at radius 3 is 1.93 bits per heavy atom. The van der Waals surface area contributed by atoms with Crippen molar-refractivity contribution in [2.24, 2.45) is 0 Å². The van der Waals surface area contributed by atoms with Gasteiger partial charge in [-0.05, 0) is 48.2 Å². The van der Waals surface area contributed by atoms with Crippen molar-refractivity contribution in [3.8, 4) is 11.1 Å². The van der Waals surface area contributed by atoms with Crippen molar-refractivity contribution in [3.63, 3.8) is 0 Å². The summed E-state index contributed by atoms with van der Waals surface area (Å²) in [4.78, 5) is 0. The molecule has 0 spiro atoms. The maximum atomic E-state index is 10.8. The van der Waals surface area contributed by atoms with Crippen LogP contribution in [-0.2, 0) is 25.7 Å². The smallest absolute Gasteiger partial charge is 0.264 e. The van der Waals surface area contributed by atoms with E-state index in [1.54, 1.807) is 12.1 Å². The monoisotopic (exact) mass is 457 g/mol. The molecule has 0 heterocycles. The van der Waals surface area contributed by atoms with Crippen LogP contribution in [0.1, 0.15) is 12.8 Å². The summed E-state index contributed by atoms with van der Waals surface area (Å²) in [5.74, 6) is -0.331. The minimum absolute atomic E-state index is 0.0767. The van der Waals surface area contributed by atoms with Gasteiger partial charge in [-0.1, -0.05) is 12.1 Å². The first-order chi connectivity index (χ1) is 14.2. The number of nitrogens with one attached hydrogen (secondary N) is 2. The van der Waals surface area contributed by atoms with E-state index in [1.165, 1.54) is 0 Å². The molecule has 1 unspecified atom stereocenters. The fourth-order valence-corrected chi connectivity index (χ4v) is 3.44. The third-order valence-corrected chi connectivity index (χ3v) is 5.31. The van der Waals surface area contributed by atoms with Crippen LogP contribution in [-0.4, -0.2) is 47.2 Å². The van der Waals surface area contributed by atoms with Crippen molar-refractivity contribution in [2.75, 3.05) is 47.6 Å². The van der Waals surface area contributed by atoms with Crippen molar-refractivity contribution in [1.29, 1.82) is 0 Å². The lowest BCUT2D eigenvalue weighted by Crippen LogP contribution is -2.11. The van der Waals surface area contributed by atoms with E-state index in [1.807, 2.05) is 24.3 Å². The molecular formula is C18H25N4O6S2-. The second kappa shape index (κ2) is 11.1. The van der Waals surface area contributed by atoms with Crippen LogP contribution in [0.15, 0.2) is 36.4 Å². The highest BCUT2D eigenvalue weighted by molar-refractivity contribution is 7.85. The second-order valence-corrected chi connectivity index (χ2v) is 8.69. The van der Waals surface area contributed by atoms with Crippen LogP contribution >= 0.6 is 0 Å². The third kappa shape index (κ3) is 8.16. The topological polar surface area (TPSA) is 180 Å². The first-order valence-electron chi connectivity index (χ1n) is 9.10. The van der Waals surface area contributed by atoms with Crippen LogP contribution in [0.2, 0.25) is 0 Å². The molecule has 1 atom stereocenters. The molecule has 0 amide bonds. The van der Waals surface area contributed by atoms with Gasteiger partial charge in [0.05, 0.1) is 46.5 Å². The second-order valence-electron chi connectivity index (χ2n) is 6.48. The molecule has 0 fully saturated rings. The van der Waals surface area contributed by atoms with Crippen LogP contribution in [0.25, 0.3) is 11.1 Å². The molecule has 0 bridgehead atoms. The van der Waals surface area contributed by atoms with E-state index in [0.717, 1.165) is 11.1 Å². The van der Waals surface area contributed by atoms with E-state index < -0.39 is 21.5 Å². The number of hydrogen-bond donors (Lipinski definition) is 5. The van der Waals surface area contributed by atoms with Crippen molar-refractivity contribution in [1.82, 2.24) is 0 Å². The molecule has 7 N–H and O–H groups in total. The molecule has 0 saturated heterocycles. The Balaban J connectivity index is 2.04. The zero-order valence-corrected chi connectivity index (χ0v) is 17.8. The molecule has 30 heavy (non-hydrogen) atoms. The maximum absolute atomic E-state index is 10.8. The van der Waals surface area contributed by atoms with Crippen molar-refractivity contribution in [3.05, 3.63) is 36.4 Å². The van der Waals surface area contributed by atoms with E-state index in [-0.39, 0.29) is 18.8 Å². The normalized spacial score (nSPS) is 12.5. The molecular weight excluding hydrogens is 432 g/mol. The van der Waals surface area contributed by atoms with E-state index in [4.69, 9.17) is 16.0 Å². The fourth-order valence-electron chi connectivity index (χ4n) is 2.68. The van der Waals surface area contributed by atoms with Gasteiger partial charge in [0.15, 0.2) is 0 Å². The standard InChI is InChI=1S/C18H26N4O6S2/c19-15-5-3-13(11-17(15)21-7-1-9-28-29(23)24)14-4-6-16(20)18(12-14)22-8-2-10-30(25,26)27/h3-6,11-12,21-22H,1-2,7-10,19-20H2,(H,23,24)(H,25,26,27)/p-1. The number of hydrogen-bond acceptors (Lipinski definition) is 9. The summed E-state index contributed by atoms with van der Waals surface area (Å²) < 4.78 is 55.6. The van der Waals surface area contributed by atoms with Gasteiger partial charge in [0.2, 0.25) is 0 Å². The number of benzene rings is 2. The molecule has 0 aromatic heterocycles. The first-order valence-corrected chi connectivity index (χ1v) is 11.7. The van der Waals surface area contributed by atoms with Crippen molar-refractivity contribution < 1.29 is 25.9 Å². The summed E-state index contributed by atoms with van der Waals surface area (Å²) >= 11 is -2.52. The van der Waals surface area contributed by atoms with Crippen molar-refractivity contribution >= 4 is 44.2 Å². The summed E-state index contributed by atoms with van der Waals surface area (Å²) in [7, 11) is -3.99. The molecule has 166 valence electrons. The van der Waals surface area contributed by atoms with Crippen LogP contribution in [0.3, 0.4) is 0 Å². The molecule has 0 saturated carbocycles. The molecule has 2 aromatic rings. The average molecular weight is 458 g/mol.